The molecule has 3 rings (SSSR count). The summed E-state index contributed by atoms with van der Waals surface area (Å²) in [7, 11) is -1.74. The van der Waals surface area contributed by atoms with Crippen LogP contribution in [0.3, 0.4) is 0 Å². The Hall–Kier alpha value is -1.93. The summed E-state index contributed by atoms with van der Waals surface area (Å²) in [5.74, 6) is 0. The third-order valence-corrected chi connectivity index (χ3v) is 6.82. The summed E-state index contributed by atoms with van der Waals surface area (Å²) in [5, 5.41) is 2.16. The van der Waals surface area contributed by atoms with Crippen molar-refractivity contribution in [1.82, 2.24) is 9.29 Å². The van der Waals surface area contributed by atoms with Crippen LogP contribution in [0.25, 0.3) is 11.3 Å². The van der Waals surface area contributed by atoms with Gasteiger partial charge < -0.3 is 4.57 Å². The number of para-hydroxylation sites is 1. The zero-order valence-corrected chi connectivity index (χ0v) is 17.4. The normalized spacial score (nSPS) is 12.5. The van der Waals surface area contributed by atoms with Gasteiger partial charge in [0.15, 0.2) is 4.80 Å². The van der Waals surface area contributed by atoms with Crippen molar-refractivity contribution in [2.45, 2.75) is 18.2 Å². The van der Waals surface area contributed by atoms with Crippen molar-refractivity contribution >= 4 is 38.6 Å². The Balaban J connectivity index is 2.04. The summed E-state index contributed by atoms with van der Waals surface area (Å²) in [4.78, 5) is 5.55. The van der Waals surface area contributed by atoms with E-state index in [0.29, 0.717) is 13.0 Å². The first-order valence-electron chi connectivity index (χ1n) is 8.46. The van der Waals surface area contributed by atoms with Crippen LogP contribution in [0.5, 0.6) is 0 Å². The SMILES string of the molecule is CCCNS(=O)(=O)c1cc(-c2cs/c(=N/c3ccccc3)n2C)ccc1Cl. The molecular weight excluding hydrogens is 402 g/mol. The van der Waals surface area contributed by atoms with Crippen molar-refractivity contribution < 1.29 is 8.42 Å². The number of sulfonamides is 1. The number of nitrogens with zero attached hydrogens (tertiary/aromatic N) is 2. The first-order chi connectivity index (χ1) is 12.9. The van der Waals surface area contributed by atoms with Gasteiger partial charge in [-0.15, -0.1) is 11.3 Å². The molecule has 0 saturated carbocycles. The van der Waals surface area contributed by atoms with Crippen LogP contribution in [0.15, 0.2) is 63.8 Å². The fraction of sp³-hybridized carbons (Fsp3) is 0.211. The molecule has 5 nitrogen and oxygen atoms in total. The Bertz CT molecular complexity index is 1100. The first-order valence-corrected chi connectivity index (χ1v) is 11.2. The summed E-state index contributed by atoms with van der Waals surface area (Å²) in [5.41, 5.74) is 2.51. The van der Waals surface area contributed by atoms with Crippen LogP contribution in [0.4, 0.5) is 5.69 Å². The molecule has 3 aromatic rings. The molecule has 2 aromatic carbocycles. The number of nitrogens with one attached hydrogen (secondary N) is 1. The molecule has 0 aliphatic rings. The van der Waals surface area contributed by atoms with Gasteiger partial charge in [0.1, 0.15) is 4.90 Å². The molecule has 1 aromatic heterocycles. The zero-order valence-electron chi connectivity index (χ0n) is 15.0. The van der Waals surface area contributed by atoms with Crippen molar-refractivity contribution in [2.24, 2.45) is 12.0 Å². The minimum atomic E-state index is -3.65. The molecule has 0 amide bonds. The van der Waals surface area contributed by atoms with E-state index in [9.17, 15) is 8.42 Å². The number of hydrogen-bond donors (Lipinski definition) is 1. The van der Waals surface area contributed by atoms with Gasteiger partial charge in [-0.25, -0.2) is 18.1 Å². The molecule has 0 saturated heterocycles. The van der Waals surface area contributed by atoms with Crippen molar-refractivity contribution in [2.75, 3.05) is 6.54 Å². The van der Waals surface area contributed by atoms with Crippen LogP contribution in [-0.4, -0.2) is 19.5 Å². The minimum absolute atomic E-state index is 0.0860. The van der Waals surface area contributed by atoms with Gasteiger partial charge >= 0.3 is 0 Å². The molecule has 0 radical (unpaired) electrons. The largest absolute Gasteiger partial charge is 0.320 e. The van der Waals surface area contributed by atoms with Crippen molar-refractivity contribution in [3.8, 4) is 11.3 Å². The lowest BCUT2D eigenvalue weighted by Gasteiger charge is -2.10. The highest BCUT2D eigenvalue weighted by Gasteiger charge is 2.19. The van der Waals surface area contributed by atoms with Crippen molar-refractivity contribution in [1.29, 1.82) is 0 Å². The van der Waals surface area contributed by atoms with Crippen molar-refractivity contribution in [3.63, 3.8) is 0 Å². The fourth-order valence-corrected chi connectivity index (χ4v) is 5.11. The zero-order chi connectivity index (χ0) is 19.4. The average molecular weight is 422 g/mol. The molecule has 0 aliphatic heterocycles. The number of thiazole rings is 1. The van der Waals surface area contributed by atoms with E-state index in [-0.39, 0.29) is 9.92 Å². The van der Waals surface area contributed by atoms with Crippen LogP contribution in [0.1, 0.15) is 13.3 Å². The number of benzene rings is 2. The molecule has 27 heavy (non-hydrogen) atoms. The maximum absolute atomic E-state index is 12.5. The molecule has 142 valence electrons. The first kappa shape index (κ1) is 19.8. The number of halogens is 1. The Labute approximate surface area is 168 Å². The highest BCUT2D eigenvalue weighted by molar-refractivity contribution is 7.89. The smallest absolute Gasteiger partial charge is 0.242 e. The third kappa shape index (κ3) is 4.50. The lowest BCUT2D eigenvalue weighted by molar-refractivity contribution is 0.581. The van der Waals surface area contributed by atoms with E-state index >= 15 is 0 Å². The van der Waals surface area contributed by atoms with Crippen LogP contribution < -0.4 is 9.52 Å². The standard InChI is InChI=1S/C19H20ClN3O2S2/c1-3-11-21-27(24,25)18-12-14(9-10-16(18)20)17-13-26-19(23(17)2)22-15-7-5-4-6-8-15/h4-10,12-13,21H,3,11H2,1-2H3/b22-19+. The van der Waals surface area contributed by atoms with E-state index in [4.69, 9.17) is 11.6 Å². The second-order valence-corrected chi connectivity index (χ2v) is 8.93. The predicted molar refractivity (Wildman–Crippen MR) is 111 cm³/mol. The van der Waals surface area contributed by atoms with Crippen LogP contribution in [-0.2, 0) is 17.1 Å². The van der Waals surface area contributed by atoms with Gasteiger partial charge in [-0.2, -0.15) is 0 Å². The van der Waals surface area contributed by atoms with E-state index in [1.165, 1.54) is 11.3 Å². The third-order valence-electron chi connectivity index (χ3n) is 3.96. The predicted octanol–water partition coefficient (Wildman–Crippen LogP) is 4.33. The van der Waals surface area contributed by atoms with Gasteiger partial charge in [0.2, 0.25) is 10.0 Å². The maximum Gasteiger partial charge on any atom is 0.242 e. The summed E-state index contributed by atoms with van der Waals surface area (Å²) >= 11 is 7.65. The van der Waals surface area contributed by atoms with Crippen LogP contribution in [0.2, 0.25) is 5.02 Å². The summed E-state index contributed by atoms with van der Waals surface area (Å²) in [6.07, 6.45) is 0.709. The molecule has 8 heteroatoms. The van der Waals surface area contributed by atoms with Crippen LogP contribution >= 0.6 is 22.9 Å². The molecule has 0 bridgehead atoms. The van der Waals surface area contributed by atoms with Gasteiger partial charge in [-0.3, -0.25) is 0 Å². The monoisotopic (exact) mass is 421 g/mol. The average Bonchev–Trinajstić information content (AvgIpc) is 3.02. The van der Waals surface area contributed by atoms with E-state index in [1.54, 1.807) is 12.1 Å². The summed E-state index contributed by atoms with van der Waals surface area (Å²) < 4.78 is 29.5. The molecule has 1 heterocycles. The fourth-order valence-electron chi connectivity index (χ4n) is 2.53. The highest BCUT2D eigenvalue weighted by Crippen LogP contribution is 2.28. The van der Waals surface area contributed by atoms with E-state index in [0.717, 1.165) is 21.7 Å². The summed E-state index contributed by atoms with van der Waals surface area (Å²) in [6.45, 7) is 2.28. The van der Waals surface area contributed by atoms with Crippen molar-refractivity contribution in [3.05, 3.63) is 63.7 Å². The molecule has 0 spiro atoms. The number of hydrogen-bond acceptors (Lipinski definition) is 4. The van der Waals surface area contributed by atoms with Gasteiger partial charge in [-0.05, 0) is 30.7 Å². The van der Waals surface area contributed by atoms with Gasteiger partial charge in [-0.1, -0.05) is 42.8 Å². The quantitative estimate of drug-likeness (QED) is 0.643. The second kappa shape index (κ2) is 8.39. The Morgan fingerprint density at radius 1 is 1.19 bits per heavy atom. The lowest BCUT2D eigenvalue weighted by Crippen LogP contribution is -2.24. The minimum Gasteiger partial charge on any atom is -0.320 e. The molecule has 0 atom stereocenters. The highest BCUT2D eigenvalue weighted by atomic mass is 35.5. The number of rotatable bonds is 6. The lowest BCUT2D eigenvalue weighted by atomic mass is 10.2. The Morgan fingerprint density at radius 3 is 2.63 bits per heavy atom. The van der Waals surface area contributed by atoms with E-state index < -0.39 is 10.0 Å². The van der Waals surface area contributed by atoms with Gasteiger partial charge in [0, 0.05) is 24.5 Å². The topological polar surface area (TPSA) is 63.5 Å². The second-order valence-electron chi connectivity index (χ2n) is 5.95. The molecule has 1 N–H and O–H groups in total. The Kier molecular flexibility index (Phi) is 6.16. The number of aromatic nitrogens is 1. The van der Waals surface area contributed by atoms with Gasteiger partial charge in [0.05, 0.1) is 16.4 Å². The molecule has 0 aliphatic carbocycles. The van der Waals surface area contributed by atoms with E-state index in [1.807, 2.05) is 60.3 Å². The van der Waals surface area contributed by atoms with Crippen LogP contribution in [0, 0.1) is 0 Å². The van der Waals surface area contributed by atoms with E-state index in [2.05, 4.69) is 9.71 Å². The Morgan fingerprint density at radius 2 is 1.93 bits per heavy atom. The maximum atomic E-state index is 12.5. The molecule has 0 unspecified atom stereocenters. The molecular formula is C19H20ClN3O2S2. The summed E-state index contributed by atoms with van der Waals surface area (Å²) in [6, 6.07) is 14.7. The van der Waals surface area contributed by atoms with Gasteiger partial charge in [0.25, 0.3) is 0 Å². The molecule has 0 fully saturated rings.